The first kappa shape index (κ1) is 13.6. The molecule has 0 aromatic carbocycles. The van der Waals surface area contributed by atoms with Crippen molar-refractivity contribution in [3.05, 3.63) is 23.3 Å². The van der Waals surface area contributed by atoms with E-state index in [1.165, 1.54) is 0 Å². The van der Waals surface area contributed by atoms with E-state index in [1.54, 1.807) is 0 Å². The fourth-order valence-electron chi connectivity index (χ4n) is 0.632. The first-order valence-corrected chi connectivity index (χ1v) is 4.48. The number of hydrogen-bond acceptors (Lipinski definition) is 1. The third-order valence-electron chi connectivity index (χ3n) is 1.44. The lowest BCUT2D eigenvalue weighted by molar-refractivity contribution is 1.08. The van der Waals surface area contributed by atoms with Crippen LogP contribution in [0.25, 0.3) is 0 Å². The van der Waals surface area contributed by atoms with Crippen LogP contribution in [0.5, 0.6) is 0 Å². The molecule has 0 aliphatic rings. The maximum atomic E-state index is 8.60. The normalized spacial score (nSPS) is 11.3. The minimum atomic E-state index is 0.796. The van der Waals surface area contributed by atoms with Crippen molar-refractivity contribution in [3.8, 4) is 6.07 Å². The number of rotatable bonds is 2. The lowest BCUT2D eigenvalue weighted by atomic mass is 10.1. The highest BCUT2D eigenvalue weighted by Gasteiger charge is 1.92. The monoisotopic (exact) mass is 165 g/mol. The van der Waals surface area contributed by atoms with Crippen LogP contribution in [-0.2, 0) is 0 Å². The van der Waals surface area contributed by atoms with Crippen LogP contribution < -0.4 is 0 Å². The van der Waals surface area contributed by atoms with Crippen molar-refractivity contribution in [1.82, 2.24) is 0 Å². The molecule has 0 radical (unpaired) electrons. The largest absolute Gasteiger partial charge is 0.192 e. The Bertz CT molecular complexity index is 192. The molecule has 0 aliphatic heterocycles. The Kier molecular flexibility index (Phi) is 11.3. The van der Waals surface area contributed by atoms with Gasteiger partial charge in [-0.15, -0.1) is 0 Å². The van der Waals surface area contributed by atoms with E-state index in [0.717, 1.165) is 17.6 Å². The number of allylic oxidation sites excluding steroid dienone is 4. The zero-order valence-corrected chi connectivity index (χ0v) is 8.81. The molecule has 0 aromatic rings. The quantitative estimate of drug-likeness (QED) is 0.450. The Morgan fingerprint density at radius 3 is 2.17 bits per heavy atom. The van der Waals surface area contributed by atoms with Crippen molar-refractivity contribution in [2.45, 2.75) is 41.0 Å². The van der Waals surface area contributed by atoms with Gasteiger partial charge in [0.15, 0.2) is 0 Å². The smallest absolute Gasteiger partial charge is 0.0990 e. The molecule has 12 heavy (non-hydrogen) atoms. The molecule has 0 rings (SSSR count). The van der Waals surface area contributed by atoms with E-state index in [0.29, 0.717) is 0 Å². The summed E-state index contributed by atoms with van der Waals surface area (Å²) in [4.78, 5) is 0. The predicted octanol–water partition coefficient (Wildman–Crippen LogP) is 3.84. The highest BCUT2D eigenvalue weighted by atomic mass is 14.2. The van der Waals surface area contributed by atoms with Gasteiger partial charge in [0.05, 0.1) is 11.6 Å². The van der Waals surface area contributed by atoms with Crippen LogP contribution in [-0.4, -0.2) is 0 Å². The summed E-state index contributed by atoms with van der Waals surface area (Å²) in [5.41, 5.74) is 1.95. The van der Waals surface area contributed by atoms with Crippen molar-refractivity contribution in [2.75, 3.05) is 0 Å². The molecule has 0 bridgehead atoms. The Hall–Kier alpha value is -1.03. The standard InChI is InChI=1S/C9H13N.C2H6/c1-4-6-9(7-10)8(3)5-2;1-2/h4,6H,5H2,1-3H3;1-2H3/b6-4+,9-8+;. The van der Waals surface area contributed by atoms with Gasteiger partial charge in [0.25, 0.3) is 0 Å². The average Bonchev–Trinajstić information content (AvgIpc) is 2.16. The van der Waals surface area contributed by atoms with Crippen LogP contribution >= 0.6 is 0 Å². The van der Waals surface area contributed by atoms with Crippen LogP contribution in [0.4, 0.5) is 0 Å². The summed E-state index contributed by atoms with van der Waals surface area (Å²) in [6.07, 6.45) is 4.68. The van der Waals surface area contributed by atoms with Crippen molar-refractivity contribution in [3.63, 3.8) is 0 Å². The van der Waals surface area contributed by atoms with E-state index in [4.69, 9.17) is 5.26 Å². The van der Waals surface area contributed by atoms with Gasteiger partial charge in [-0.25, -0.2) is 0 Å². The molecule has 0 fully saturated rings. The second-order valence-corrected chi connectivity index (χ2v) is 2.16. The second-order valence-electron chi connectivity index (χ2n) is 2.16. The third kappa shape index (κ3) is 5.73. The minimum Gasteiger partial charge on any atom is -0.192 e. The maximum absolute atomic E-state index is 8.60. The fraction of sp³-hybridized carbons (Fsp3) is 0.545. The van der Waals surface area contributed by atoms with E-state index >= 15 is 0 Å². The molecule has 0 unspecified atom stereocenters. The lowest BCUT2D eigenvalue weighted by Crippen LogP contribution is -1.79. The van der Waals surface area contributed by atoms with Gasteiger partial charge in [-0.05, 0) is 26.3 Å². The minimum absolute atomic E-state index is 0.796. The number of nitrogens with zero attached hydrogens (tertiary/aromatic N) is 1. The molecule has 0 saturated heterocycles. The molecule has 1 nitrogen and oxygen atoms in total. The topological polar surface area (TPSA) is 23.8 Å². The SMILES string of the molecule is C/C=C/C(C#N)=C(/C)CC.CC. The molecule has 0 heterocycles. The van der Waals surface area contributed by atoms with Gasteiger partial charge in [0.1, 0.15) is 0 Å². The van der Waals surface area contributed by atoms with Gasteiger partial charge in [-0.1, -0.05) is 32.4 Å². The zero-order valence-electron chi connectivity index (χ0n) is 8.81. The Morgan fingerprint density at radius 1 is 1.42 bits per heavy atom. The molecular weight excluding hydrogens is 146 g/mol. The zero-order chi connectivity index (χ0) is 9.98. The average molecular weight is 165 g/mol. The van der Waals surface area contributed by atoms with Gasteiger partial charge in [-0.2, -0.15) is 5.26 Å². The molecule has 0 spiro atoms. The van der Waals surface area contributed by atoms with Crippen LogP contribution in [0, 0.1) is 11.3 Å². The van der Waals surface area contributed by atoms with E-state index in [9.17, 15) is 0 Å². The van der Waals surface area contributed by atoms with E-state index < -0.39 is 0 Å². The van der Waals surface area contributed by atoms with Crippen LogP contribution in [0.15, 0.2) is 23.3 Å². The van der Waals surface area contributed by atoms with E-state index in [1.807, 2.05) is 39.8 Å². The van der Waals surface area contributed by atoms with Gasteiger partial charge < -0.3 is 0 Å². The summed E-state index contributed by atoms with van der Waals surface area (Å²) < 4.78 is 0. The predicted molar refractivity (Wildman–Crippen MR) is 54.8 cm³/mol. The molecule has 0 atom stereocenters. The van der Waals surface area contributed by atoms with Crippen LogP contribution in [0.1, 0.15) is 41.0 Å². The Balaban J connectivity index is 0. The van der Waals surface area contributed by atoms with Gasteiger partial charge in [-0.3, -0.25) is 0 Å². The summed E-state index contributed by atoms with van der Waals surface area (Å²) in [7, 11) is 0. The summed E-state index contributed by atoms with van der Waals surface area (Å²) >= 11 is 0. The van der Waals surface area contributed by atoms with Crippen molar-refractivity contribution >= 4 is 0 Å². The van der Waals surface area contributed by atoms with Crippen molar-refractivity contribution in [2.24, 2.45) is 0 Å². The molecule has 0 saturated carbocycles. The summed E-state index contributed by atoms with van der Waals surface area (Å²) in [5, 5.41) is 8.60. The van der Waals surface area contributed by atoms with Crippen LogP contribution in [0.3, 0.4) is 0 Å². The van der Waals surface area contributed by atoms with Gasteiger partial charge in [0.2, 0.25) is 0 Å². The van der Waals surface area contributed by atoms with Gasteiger partial charge in [0, 0.05) is 0 Å². The van der Waals surface area contributed by atoms with Crippen LogP contribution in [0.2, 0.25) is 0 Å². The number of nitriles is 1. The highest BCUT2D eigenvalue weighted by molar-refractivity contribution is 5.36. The van der Waals surface area contributed by atoms with E-state index in [-0.39, 0.29) is 0 Å². The molecule has 68 valence electrons. The Labute approximate surface area is 76.4 Å². The lowest BCUT2D eigenvalue weighted by Gasteiger charge is -1.94. The Morgan fingerprint density at radius 2 is 1.92 bits per heavy atom. The molecule has 0 N–H and O–H groups in total. The van der Waals surface area contributed by atoms with Crippen molar-refractivity contribution in [1.29, 1.82) is 5.26 Å². The van der Waals surface area contributed by atoms with E-state index in [2.05, 4.69) is 13.0 Å². The van der Waals surface area contributed by atoms with Crippen molar-refractivity contribution < 1.29 is 0 Å². The molecule has 1 heteroatoms. The molecule has 0 aliphatic carbocycles. The molecule has 0 amide bonds. The maximum Gasteiger partial charge on any atom is 0.0990 e. The molecular formula is C11H19N. The first-order valence-electron chi connectivity index (χ1n) is 4.48. The van der Waals surface area contributed by atoms with Gasteiger partial charge >= 0.3 is 0 Å². The highest BCUT2D eigenvalue weighted by Crippen LogP contribution is 2.07. The second kappa shape index (κ2) is 9.97. The fourth-order valence-corrected chi connectivity index (χ4v) is 0.632. The summed E-state index contributed by atoms with van der Waals surface area (Å²) in [6.45, 7) is 9.95. The molecule has 0 aromatic heterocycles. The number of hydrogen-bond donors (Lipinski definition) is 0. The summed E-state index contributed by atoms with van der Waals surface area (Å²) in [5.74, 6) is 0. The first-order chi connectivity index (χ1) is 5.76. The summed E-state index contributed by atoms with van der Waals surface area (Å²) in [6, 6.07) is 2.15. The third-order valence-corrected chi connectivity index (χ3v) is 1.44.